The third-order valence-corrected chi connectivity index (χ3v) is 4.76. The van der Waals surface area contributed by atoms with Crippen LogP contribution in [-0.4, -0.2) is 32.3 Å². The summed E-state index contributed by atoms with van der Waals surface area (Å²) in [6, 6.07) is 14.7. The number of methoxy groups -OCH3 is 1. The van der Waals surface area contributed by atoms with Gasteiger partial charge >= 0.3 is 0 Å². The number of nitrogens with one attached hydrogen (secondary N) is 1. The molecule has 29 heavy (non-hydrogen) atoms. The molecule has 7 nitrogen and oxygen atoms in total. The predicted molar refractivity (Wildman–Crippen MR) is 111 cm³/mol. The highest BCUT2D eigenvalue weighted by molar-refractivity contribution is 6.33. The molecule has 8 heteroatoms. The Hall–Kier alpha value is -3.58. The molecule has 2 heterocycles. The molecule has 0 bridgehead atoms. The van der Waals surface area contributed by atoms with Crippen LogP contribution >= 0.6 is 11.6 Å². The molecule has 0 aliphatic rings. The van der Waals surface area contributed by atoms with Crippen molar-refractivity contribution in [3.63, 3.8) is 0 Å². The maximum absolute atomic E-state index is 13.0. The zero-order valence-electron chi connectivity index (χ0n) is 15.6. The van der Waals surface area contributed by atoms with E-state index in [4.69, 9.17) is 16.3 Å². The van der Waals surface area contributed by atoms with Crippen LogP contribution in [0.15, 0.2) is 73.6 Å². The molecule has 0 spiro atoms. The van der Waals surface area contributed by atoms with Crippen LogP contribution in [0.4, 0.5) is 5.69 Å². The minimum absolute atomic E-state index is 0.311. The molecule has 0 atom stereocenters. The van der Waals surface area contributed by atoms with Gasteiger partial charge in [0.2, 0.25) is 0 Å². The maximum Gasteiger partial charge on any atom is 0.259 e. The van der Waals surface area contributed by atoms with Crippen molar-refractivity contribution in [3.8, 4) is 11.4 Å². The number of halogens is 1. The van der Waals surface area contributed by atoms with Crippen molar-refractivity contribution < 1.29 is 9.53 Å². The second kappa shape index (κ2) is 8.20. The number of hydrogen-bond donors (Lipinski definition) is 1. The number of ether oxygens (including phenoxy) is 1. The zero-order chi connectivity index (χ0) is 20.2. The van der Waals surface area contributed by atoms with E-state index in [1.807, 2.05) is 53.4 Å². The summed E-state index contributed by atoms with van der Waals surface area (Å²) in [6.45, 7) is 0.487. The quantitative estimate of drug-likeness (QED) is 0.523. The third kappa shape index (κ3) is 4.00. The first-order valence-corrected chi connectivity index (χ1v) is 9.26. The van der Waals surface area contributed by atoms with Crippen LogP contribution in [0, 0.1) is 0 Å². The van der Waals surface area contributed by atoms with E-state index in [-0.39, 0.29) is 5.91 Å². The van der Waals surface area contributed by atoms with Gasteiger partial charge in [-0.2, -0.15) is 5.10 Å². The maximum atomic E-state index is 13.0. The fourth-order valence-electron chi connectivity index (χ4n) is 3.04. The largest absolute Gasteiger partial charge is 0.496 e. The van der Waals surface area contributed by atoms with E-state index in [9.17, 15) is 4.79 Å². The van der Waals surface area contributed by atoms with E-state index in [0.717, 1.165) is 11.3 Å². The van der Waals surface area contributed by atoms with E-state index in [1.165, 1.54) is 13.4 Å². The molecule has 0 aliphatic heterocycles. The van der Waals surface area contributed by atoms with E-state index < -0.39 is 0 Å². The summed E-state index contributed by atoms with van der Waals surface area (Å²) in [5.74, 6) is 0.123. The zero-order valence-corrected chi connectivity index (χ0v) is 16.4. The number of para-hydroxylation sites is 1. The number of hydrogen-bond acceptors (Lipinski definition) is 4. The molecule has 0 fully saturated rings. The first kappa shape index (κ1) is 18.8. The Morgan fingerprint density at radius 3 is 2.69 bits per heavy atom. The first-order valence-electron chi connectivity index (χ1n) is 8.88. The molecule has 0 saturated carbocycles. The van der Waals surface area contributed by atoms with Crippen LogP contribution in [0.3, 0.4) is 0 Å². The van der Waals surface area contributed by atoms with Gasteiger partial charge in [-0.25, -0.2) is 9.67 Å². The first-order chi connectivity index (χ1) is 14.2. The van der Waals surface area contributed by atoms with E-state index in [2.05, 4.69) is 15.4 Å². The Kier molecular flexibility index (Phi) is 5.31. The monoisotopic (exact) mass is 407 g/mol. The molecule has 1 amide bonds. The van der Waals surface area contributed by atoms with Gasteiger partial charge in [-0.1, -0.05) is 29.8 Å². The van der Waals surface area contributed by atoms with Crippen LogP contribution in [-0.2, 0) is 6.54 Å². The van der Waals surface area contributed by atoms with Crippen LogP contribution in [0.5, 0.6) is 5.75 Å². The van der Waals surface area contributed by atoms with Crippen molar-refractivity contribution in [1.29, 1.82) is 0 Å². The molecule has 0 radical (unpaired) electrons. The van der Waals surface area contributed by atoms with Crippen LogP contribution < -0.4 is 10.1 Å². The molecular weight excluding hydrogens is 390 g/mol. The number of rotatable bonds is 6. The standard InChI is InChI=1S/C21H18ClN5O2/c1-29-20-11-19(26-8-4-5-9-26)17(22)10-16(20)21(28)25-18-7-3-2-6-15(18)12-27-14-23-13-24-27/h2-11,13-14H,12H2,1H3,(H,25,28). The molecule has 1 N–H and O–H groups in total. The molecular formula is C21H18ClN5O2. The Balaban J connectivity index is 1.63. The summed E-state index contributed by atoms with van der Waals surface area (Å²) in [5, 5.41) is 7.51. The Bertz CT molecular complexity index is 1120. The van der Waals surface area contributed by atoms with Gasteiger partial charge in [0.1, 0.15) is 18.4 Å². The Morgan fingerprint density at radius 2 is 1.97 bits per heavy atom. The van der Waals surface area contributed by atoms with Crippen molar-refractivity contribution in [3.05, 3.63) is 89.7 Å². The highest BCUT2D eigenvalue weighted by atomic mass is 35.5. The van der Waals surface area contributed by atoms with Gasteiger partial charge in [0.15, 0.2) is 0 Å². The van der Waals surface area contributed by atoms with Crippen molar-refractivity contribution in [2.24, 2.45) is 0 Å². The van der Waals surface area contributed by atoms with Gasteiger partial charge in [0, 0.05) is 24.1 Å². The van der Waals surface area contributed by atoms with Gasteiger partial charge in [-0.05, 0) is 29.8 Å². The van der Waals surface area contributed by atoms with E-state index in [1.54, 1.807) is 23.1 Å². The van der Waals surface area contributed by atoms with Crippen molar-refractivity contribution >= 4 is 23.2 Å². The lowest BCUT2D eigenvalue weighted by Gasteiger charge is -2.15. The number of benzene rings is 2. The second-order valence-electron chi connectivity index (χ2n) is 6.30. The summed E-state index contributed by atoms with van der Waals surface area (Å²) in [5.41, 5.74) is 2.67. The molecule has 2 aromatic heterocycles. The van der Waals surface area contributed by atoms with Gasteiger partial charge in [-0.3, -0.25) is 4.79 Å². The molecule has 146 valence electrons. The second-order valence-corrected chi connectivity index (χ2v) is 6.71. The summed E-state index contributed by atoms with van der Waals surface area (Å²) >= 11 is 6.45. The SMILES string of the molecule is COc1cc(-n2cccc2)c(Cl)cc1C(=O)Nc1ccccc1Cn1cncn1. The topological polar surface area (TPSA) is 74.0 Å². The average Bonchev–Trinajstić information content (AvgIpc) is 3.43. The fourth-order valence-corrected chi connectivity index (χ4v) is 3.30. The fraction of sp³-hybridized carbons (Fsp3) is 0.0952. The summed E-state index contributed by atoms with van der Waals surface area (Å²) in [6.07, 6.45) is 6.85. The van der Waals surface area contributed by atoms with Crippen LogP contribution in [0.1, 0.15) is 15.9 Å². The van der Waals surface area contributed by atoms with Gasteiger partial charge in [-0.15, -0.1) is 0 Å². The number of nitrogens with zero attached hydrogens (tertiary/aromatic N) is 4. The van der Waals surface area contributed by atoms with Gasteiger partial charge < -0.3 is 14.6 Å². The number of aromatic nitrogens is 4. The van der Waals surface area contributed by atoms with Crippen molar-refractivity contribution in [2.75, 3.05) is 12.4 Å². The summed E-state index contributed by atoms with van der Waals surface area (Å²) < 4.78 is 9.01. The number of anilines is 1. The number of carbonyl (C=O) groups excluding carboxylic acids is 1. The predicted octanol–water partition coefficient (Wildman–Crippen LogP) is 4.03. The lowest BCUT2D eigenvalue weighted by Crippen LogP contribution is -2.16. The molecule has 0 saturated heterocycles. The highest BCUT2D eigenvalue weighted by Gasteiger charge is 2.18. The molecule has 0 unspecified atom stereocenters. The highest BCUT2D eigenvalue weighted by Crippen LogP contribution is 2.31. The third-order valence-electron chi connectivity index (χ3n) is 4.46. The lowest BCUT2D eigenvalue weighted by molar-refractivity contribution is 0.102. The Labute approximate surface area is 172 Å². The smallest absolute Gasteiger partial charge is 0.259 e. The minimum atomic E-state index is -0.311. The molecule has 0 aliphatic carbocycles. The number of carbonyl (C=O) groups is 1. The minimum Gasteiger partial charge on any atom is -0.496 e. The average molecular weight is 408 g/mol. The van der Waals surface area contributed by atoms with E-state index in [0.29, 0.717) is 28.6 Å². The number of amides is 1. The summed E-state index contributed by atoms with van der Waals surface area (Å²) in [4.78, 5) is 17.0. The molecule has 4 aromatic rings. The van der Waals surface area contributed by atoms with Crippen LogP contribution in [0.25, 0.3) is 5.69 Å². The lowest BCUT2D eigenvalue weighted by atomic mass is 10.1. The van der Waals surface area contributed by atoms with Gasteiger partial charge in [0.05, 0.1) is 29.9 Å². The van der Waals surface area contributed by atoms with Crippen molar-refractivity contribution in [1.82, 2.24) is 19.3 Å². The van der Waals surface area contributed by atoms with E-state index >= 15 is 0 Å². The van der Waals surface area contributed by atoms with Crippen molar-refractivity contribution in [2.45, 2.75) is 6.54 Å². The van der Waals surface area contributed by atoms with Gasteiger partial charge in [0.25, 0.3) is 5.91 Å². The van der Waals surface area contributed by atoms with Crippen LogP contribution in [0.2, 0.25) is 5.02 Å². The summed E-state index contributed by atoms with van der Waals surface area (Å²) in [7, 11) is 1.53. The molecule has 4 rings (SSSR count). The Morgan fingerprint density at radius 1 is 1.17 bits per heavy atom. The normalized spacial score (nSPS) is 10.7. The molecule has 2 aromatic carbocycles.